The lowest BCUT2D eigenvalue weighted by molar-refractivity contribution is 0.267. The lowest BCUT2D eigenvalue weighted by Crippen LogP contribution is -2.27. The number of nitrogens with one attached hydrogen (secondary N) is 1. The molecule has 0 aliphatic carbocycles. The Labute approximate surface area is 125 Å². The quantitative estimate of drug-likeness (QED) is 0.898. The van der Waals surface area contributed by atoms with Crippen molar-refractivity contribution in [2.75, 3.05) is 33.7 Å². The van der Waals surface area contributed by atoms with Crippen molar-refractivity contribution < 1.29 is 0 Å². The van der Waals surface area contributed by atoms with E-state index >= 15 is 0 Å². The first-order chi connectivity index (χ1) is 10.1. The second-order valence-electron chi connectivity index (χ2n) is 6.22. The number of rotatable bonds is 5. The van der Waals surface area contributed by atoms with Crippen LogP contribution in [0.4, 0.5) is 0 Å². The monoisotopic (exact) mass is 288 g/mol. The summed E-state index contributed by atoms with van der Waals surface area (Å²) in [5.41, 5.74) is 3.38. The number of aromatic amines is 1. The summed E-state index contributed by atoms with van der Waals surface area (Å²) in [4.78, 5) is 4.81. The van der Waals surface area contributed by atoms with Crippen molar-refractivity contribution in [3.8, 4) is 11.4 Å². The average Bonchev–Trinajstić information content (AvgIpc) is 3.12. The number of likely N-dealkylation sites (tertiary alicyclic amines) is 1. The molecule has 6 nitrogen and oxygen atoms in total. The summed E-state index contributed by atoms with van der Waals surface area (Å²) in [6.45, 7) is 4.49. The number of nitrogens with zero attached hydrogens (tertiary/aromatic N) is 5. The lowest BCUT2D eigenvalue weighted by Gasteiger charge is -2.20. The van der Waals surface area contributed by atoms with Crippen LogP contribution in [0.2, 0.25) is 0 Å². The van der Waals surface area contributed by atoms with Crippen molar-refractivity contribution in [3.63, 3.8) is 0 Å². The number of H-pyrrole nitrogens is 1. The molecule has 0 saturated carbocycles. The van der Waals surface area contributed by atoms with Crippen LogP contribution in [0.1, 0.15) is 12.0 Å². The van der Waals surface area contributed by atoms with Gasteiger partial charge in [0.1, 0.15) is 0 Å². The summed E-state index contributed by atoms with van der Waals surface area (Å²) < 4.78 is 1.88. The smallest absolute Gasteiger partial charge is 0.0876 e. The molecule has 1 aliphatic rings. The van der Waals surface area contributed by atoms with Crippen LogP contribution >= 0.6 is 0 Å². The van der Waals surface area contributed by atoms with Gasteiger partial charge in [0.2, 0.25) is 0 Å². The topological polar surface area (TPSA) is 53.0 Å². The highest BCUT2D eigenvalue weighted by Gasteiger charge is 2.21. The molecule has 0 bridgehead atoms. The van der Waals surface area contributed by atoms with Gasteiger partial charge in [0, 0.05) is 38.4 Å². The van der Waals surface area contributed by atoms with E-state index in [4.69, 9.17) is 0 Å². The Kier molecular flexibility index (Phi) is 4.07. The van der Waals surface area contributed by atoms with E-state index < -0.39 is 0 Å². The van der Waals surface area contributed by atoms with E-state index in [0.29, 0.717) is 0 Å². The SMILES string of the molecule is CN1CCC(CN(C)Cc2cn[nH]c2-c2ccnn2C)C1. The maximum absolute atomic E-state index is 4.23. The standard InChI is InChI=1S/C15H24N6/c1-19-7-5-12(9-19)10-20(2)11-13-8-16-18-15(13)14-4-6-17-21(14)3/h4,6,8,12H,5,7,9-11H2,1-3H3,(H,16,18). The van der Waals surface area contributed by atoms with Crippen molar-refractivity contribution in [3.05, 3.63) is 24.0 Å². The maximum Gasteiger partial charge on any atom is 0.0876 e. The number of hydrogen-bond acceptors (Lipinski definition) is 4. The zero-order chi connectivity index (χ0) is 14.8. The first kappa shape index (κ1) is 14.3. The summed E-state index contributed by atoms with van der Waals surface area (Å²) in [5.74, 6) is 0.784. The highest BCUT2D eigenvalue weighted by molar-refractivity contribution is 5.58. The third kappa shape index (κ3) is 3.16. The van der Waals surface area contributed by atoms with E-state index in [1.54, 1.807) is 0 Å². The Morgan fingerprint density at radius 1 is 1.43 bits per heavy atom. The van der Waals surface area contributed by atoms with Crippen molar-refractivity contribution in [1.82, 2.24) is 29.8 Å². The van der Waals surface area contributed by atoms with Crippen LogP contribution in [0.15, 0.2) is 18.5 Å². The molecule has 2 aromatic rings. The van der Waals surface area contributed by atoms with Crippen molar-refractivity contribution >= 4 is 0 Å². The van der Waals surface area contributed by atoms with E-state index in [2.05, 4.69) is 39.2 Å². The van der Waals surface area contributed by atoms with Gasteiger partial charge in [-0.05, 0) is 39.0 Å². The number of hydrogen-bond donors (Lipinski definition) is 1. The summed E-state index contributed by atoms with van der Waals surface area (Å²) in [7, 11) is 6.35. The predicted molar refractivity (Wildman–Crippen MR) is 82.7 cm³/mol. The first-order valence-electron chi connectivity index (χ1n) is 7.51. The highest BCUT2D eigenvalue weighted by Crippen LogP contribution is 2.22. The van der Waals surface area contributed by atoms with E-state index in [0.717, 1.165) is 30.4 Å². The molecule has 114 valence electrons. The van der Waals surface area contributed by atoms with E-state index in [9.17, 15) is 0 Å². The molecule has 1 N–H and O–H groups in total. The molecule has 2 aromatic heterocycles. The molecule has 1 atom stereocenters. The largest absolute Gasteiger partial charge is 0.306 e. The molecule has 0 radical (unpaired) electrons. The fourth-order valence-electron chi connectivity index (χ4n) is 3.24. The molecule has 0 spiro atoms. The Morgan fingerprint density at radius 2 is 2.29 bits per heavy atom. The molecular weight excluding hydrogens is 264 g/mol. The van der Waals surface area contributed by atoms with Gasteiger partial charge in [-0.15, -0.1) is 0 Å². The molecule has 0 amide bonds. The van der Waals surface area contributed by atoms with Crippen molar-refractivity contribution in [1.29, 1.82) is 0 Å². The molecule has 1 aliphatic heterocycles. The van der Waals surface area contributed by atoms with Gasteiger partial charge in [0.25, 0.3) is 0 Å². The second-order valence-corrected chi connectivity index (χ2v) is 6.22. The minimum Gasteiger partial charge on any atom is -0.306 e. The van der Waals surface area contributed by atoms with E-state index in [1.165, 1.54) is 25.1 Å². The summed E-state index contributed by atoms with van der Waals surface area (Å²) in [5, 5.41) is 11.6. The van der Waals surface area contributed by atoms with Gasteiger partial charge in [-0.1, -0.05) is 0 Å². The molecule has 3 rings (SSSR count). The van der Waals surface area contributed by atoms with Crippen LogP contribution in [0, 0.1) is 5.92 Å². The van der Waals surface area contributed by atoms with Gasteiger partial charge in [0.15, 0.2) is 0 Å². The highest BCUT2D eigenvalue weighted by atomic mass is 15.3. The van der Waals surface area contributed by atoms with Crippen LogP contribution in [0.5, 0.6) is 0 Å². The van der Waals surface area contributed by atoms with Gasteiger partial charge in [-0.25, -0.2) is 0 Å². The third-order valence-electron chi connectivity index (χ3n) is 4.29. The Bertz CT molecular complexity index is 587. The zero-order valence-electron chi connectivity index (χ0n) is 13.1. The Balaban J connectivity index is 1.66. The van der Waals surface area contributed by atoms with Gasteiger partial charge >= 0.3 is 0 Å². The molecule has 21 heavy (non-hydrogen) atoms. The first-order valence-corrected chi connectivity index (χ1v) is 7.51. The van der Waals surface area contributed by atoms with Gasteiger partial charge in [-0.3, -0.25) is 9.78 Å². The molecule has 6 heteroatoms. The molecule has 3 heterocycles. The molecule has 1 saturated heterocycles. The number of aromatic nitrogens is 4. The van der Waals surface area contributed by atoms with Crippen LogP contribution in [0.25, 0.3) is 11.4 Å². The van der Waals surface area contributed by atoms with Crippen LogP contribution in [-0.2, 0) is 13.6 Å². The van der Waals surface area contributed by atoms with E-state index in [1.807, 2.05) is 30.2 Å². The summed E-state index contributed by atoms with van der Waals surface area (Å²) >= 11 is 0. The Morgan fingerprint density at radius 3 is 2.95 bits per heavy atom. The van der Waals surface area contributed by atoms with Gasteiger partial charge < -0.3 is 9.80 Å². The molecule has 1 fully saturated rings. The zero-order valence-corrected chi connectivity index (χ0v) is 13.1. The van der Waals surface area contributed by atoms with Crippen LogP contribution < -0.4 is 0 Å². The van der Waals surface area contributed by atoms with Gasteiger partial charge in [-0.2, -0.15) is 10.2 Å². The Hall–Kier alpha value is -1.66. The van der Waals surface area contributed by atoms with Crippen molar-refractivity contribution in [2.45, 2.75) is 13.0 Å². The second kappa shape index (κ2) is 5.99. The summed E-state index contributed by atoms with van der Waals surface area (Å²) in [6, 6.07) is 2.02. The van der Waals surface area contributed by atoms with Crippen LogP contribution in [-0.4, -0.2) is 63.5 Å². The predicted octanol–water partition coefficient (Wildman–Crippen LogP) is 1.19. The number of aryl methyl sites for hydroxylation is 1. The maximum atomic E-state index is 4.23. The minimum atomic E-state index is 0.784. The van der Waals surface area contributed by atoms with Gasteiger partial charge in [0.05, 0.1) is 17.6 Å². The normalized spacial score (nSPS) is 19.7. The minimum absolute atomic E-state index is 0.784. The average molecular weight is 288 g/mol. The fraction of sp³-hybridized carbons (Fsp3) is 0.600. The summed E-state index contributed by atoms with van der Waals surface area (Å²) in [6.07, 6.45) is 5.05. The fourth-order valence-corrected chi connectivity index (χ4v) is 3.24. The van der Waals surface area contributed by atoms with E-state index in [-0.39, 0.29) is 0 Å². The van der Waals surface area contributed by atoms with Crippen molar-refractivity contribution in [2.24, 2.45) is 13.0 Å². The molecule has 1 unspecified atom stereocenters. The molecule has 0 aromatic carbocycles. The molecular formula is C15H24N6. The lowest BCUT2D eigenvalue weighted by atomic mass is 10.1. The van der Waals surface area contributed by atoms with Crippen LogP contribution in [0.3, 0.4) is 0 Å². The third-order valence-corrected chi connectivity index (χ3v) is 4.29.